The SMILES string of the molecule is Cl.O=C1N[C@H](c2cc(Cl)ccc2F)C(F)(F)CO1. The second-order valence-electron chi connectivity index (χ2n) is 3.58. The van der Waals surface area contributed by atoms with Crippen molar-refractivity contribution in [1.29, 1.82) is 0 Å². The zero-order chi connectivity index (χ0) is 12.6. The van der Waals surface area contributed by atoms with E-state index in [1.54, 1.807) is 0 Å². The fraction of sp³-hybridized carbons (Fsp3) is 0.300. The zero-order valence-corrected chi connectivity index (χ0v) is 10.3. The lowest BCUT2D eigenvalue weighted by atomic mass is 9.99. The van der Waals surface area contributed by atoms with Crippen LogP contribution in [0.15, 0.2) is 18.2 Å². The standard InChI is InChI=1S/C10H7ClF3NO2.ClH/c11-5-1-2-7(12)6(3-5)8-10(13,14)4-17-9(16)15-8;/h1-3,8H,4H2,(H,15,16);1H/t8-;/m1./s1. The Balaban J connectivity index is 0.00000162. The van der Waals surface area contributed by atoms with E-state index in [2.05, 4.69) is 4.74 Å². The van der Waals surface area contributed by atoms with Gasteiger partial charge in [-0.1, -0.05) is 11.6 Å². The fourth-order valence-electron chi connectivity index (χ4n) is 1.55. The molecular formula is C10H8Cl2F3NO2. The molecule has 2 rings (SSSR count). The molecule has 3 nitrogen and oxygen atoms in total. The van der Waals surface area contributed by atoms with E-state index in [0.29, 0.717) is 0 Å². The molecule has 1 amide bonds. The number of hydrogen-bond acceptors (Lipinski definition) is 2. The summed E-state index contributed by atoms with van der Waals surface area (Å²) in [4.78, 5) is 10.9. The summed E-state index contributed by atoms with van der Waals surface area (Å²) in [6.45, 7) is -1.09. The van der Waals surface area contributed by atoms with Gasteiger partial charge in [0.2, 0.25) is 0 Å². The highest BCUT2D eigenvalue weighted by atomic mass is 35.5. The van der Waals surface area contributed by atoms with Crippen molar-refractivity contribution in [3.63, 3.8) is 0 Å². The number of carbonyl (C=O) groups excluding carboxylic acids is 1. The largest absolute Gasteiger partial charge is 0.443 e. The number of cyclic esters (lactones) is 1. The molecule has 18 heavy (non-hydrogen) atoms. The smallest absolute Gasteiger partial charge is 0.408 e. The maximum absolute atomic E-state index is 13.5. The van der Waals surface area contributed by atoms with Gasteiger partial charge in [-0.3, -0.25) is 0 Å². The molecule has 1 N–H and O–H groups in total. The van der Waals surface area contributed by atoms with E-state index in [1.807, 2.05) is 5.32 Å². The van der Waals surface area contributed by atoms with Crippen LogP contribution in [-0.4, -0.2) is 18.6 Å². The summed E-state index contributed by atoms with van der Waals surface area (Å²) in [5, 5.41) is 1.99. The second kappa shape index (κ2) is 5.24. The minimum Gasteiger partial charge on any atom is -0.443 e. The highest BCUT2D eigenvalue weighted by molar-refractivity contribution is 6.30. The molecule has 1 fully saturated rings. The highest BCUT2D eigenvalue weighted by Gasteiger charge is 2.47. The lowest BCUT2D eigenvalue weighted by molar-refractivity contribution is -0.105. The molecule has 1 aromatic rings. The van der Waals surface area contributed by atoms with Crippen LogP contribution in [0.5, 0.6) is 0 Å². The number of nitrogens with one attached hydrogen (secondary N) is 1. The third-order valence-corrected chi connectivity index (χ3v) is 2.58. The number of rotatable bonds is 1. The number of alkyl carbamates (subject to hydrolysis) is 1. The van der Waals surface area contributed by atoms with Crippen molar-refractivity contribution in [3.8, 4) is 0 Å². The number of hydrogen-bond donors (Lipinski definition) is 1. The third kappa shape index (κ3) is 2.81. The number of halogens is 5. The van der Waals surface area contributed by atoms with Gasteiger partial charge in [0.25, 0.3) is 0 Å². The van der Waals surface area contributed by atoms with E-state index in [9.17, 15) is 18.0 Å². The molecule has 1 heterocycles. The lowest BCUT2D eigenvalue weighted by Gasteiger charge is -2.32. The van der Waals surface area contributed by atoms with Gasteiger partial charge < -0.3 is 10.1 Å². The number of ether oxygens (including phenoxy) is 1. The van der Waals surface area contributed by atoms with Gasteiger partial charge in [0, 0.05) is 10.6 Å². The Kier molecular flexibility index (Phi) is 4.34. The van der Waals surface area contributed by atoms with E-state index in [1.165, 1.54) is 6.07 Å². The Morgan fingerprint density at radius 2 is 2.11 bits per heavy atom. The van der Waals surface area contributed by atoms with Crippen molar-refractivity contribution in [2.75, 3.05) is 6.61 Å². The summed E-state index contributed by atoms with van der Waals surface area (Å²) in [7, 11) is 0. The summed E-state index contributed by atoms with van der Waals surface area (Å²) in [5.41, 5.74) is -0.362. The first kappa shape index (κ1) is 14.9. The van der Waals surface area contributed by atoms with Crippen LogP contribution in [0.2, 0.25) is 5.02 Å². The monoisotopic (exact) mass is 301 g/mol. The zero-order valence-electron chi connectivity index (χ0n) is 8.75. The average Bonchev–Trinajstić information content (AvgIpc) is 2.26. The highest BCUT2D eigenvalue weighted by Crippen LogP contribution is 2.36. The number of carbonyl (C=O) groups is 1. The Morgan fingerprint density at radius 1 is 1.44 bits per heavy atom. The Morgan fingerprint density at radius 3 is 2.78 bits per heavy atom. The van der Waals surface area contributed by atoms with E-state index in [-0.39, 0.29) is 23.0 Å². The predicted octanol–water partition coefficient (Wildman–Crippen LogP) is 3.32. The summed E-state index contributed by atoms with van der Waals surface area (Å²) in [6, 6.07) is 1.48. The quantitative estimate of drug-likeness (QED) is 0.864. The Bertz CT molecular complexity index is 470. The van der Waals surface area contributed by atoms with Crippen molar-refractivity contribution in [2.45, 2.75) is 12.0 Å². The van der Waals surface area contributed by atoms with Crippen molar-refractivity contribution in [1.82, 2.24) is 5.32 Å². The molecule has 0 unspecified atom stereocenters. The van der Waals surface area contributed by atoms with Gasteiger partial charge in [-0.05, 0) is 18.2 Å². The van der Waals surface area contributed by atoms with Crippen LogP contribution < -0.4 is 5.32 Å². The van der Waals surface area contributed by atoms with E-state index in [0.717, 1.165) is 12.1 Å². The summed E-state index contributed by atoms with van der Waals surface area (Å²) < 4.78 is 44.6. The summed E-state index contributed by atoms with van der Waals surface area (Å²) in [5.74, 6) is -4.25. The van der Waals surface area contributed by atoms with Crippen LogP contribution in [0.4, 0.5) is 18.0 Å². The van der Waals surface area contributed by atoms with Crippen molar-refractivity contribution in [3.05, 3.63) is 34.6 Å². The molecule has 0 saturated carbocycles. The molecule has 1 aliphatic heterocycles. The van der Waals surface area contributed by atoms with Crippen LogP contribution in [0, 0.1) is 5.82 Å². The van der Waals surface area contributed by atoms with Crippen LogP contribution in [0.25, 0.3) is 0 Å². The molecule has 0 aliphatic carbocycles. The molecule has 0 bridgehead atoms. The van der Waals surface area contributed by atoms with Crippen molar-refractivity contribution >= 4 is 30.1 Å². The second-order valence-corrected chi connectivity index (χ2v) is 4.02. The maximum Gasteiger partial charge on any atom is 0.408 e. The topological polar surface area (TPSA) is 38.3 Å². The molecule has 0 spiro atoms. The van der Waals surface area contributed by atoms with Gasteiger partial charge in [-0.15, -0.1) is 12.4 Å². The number of benzene rings is 1. The average molecular weight is 302 g/mol. The van der Waals surface area contributed by atoms with Crippen LogP contribution in [0.1, 0.15) is 11.6 Å². The Hall–Kier alpha value is -1.14. The Labute approximate surface area is 112 Å². The van der Waals surface area contributed by atoms with Gasteiger partial charge in [-0.25, -0.2) is 18.0 Å². The molecule has 1 aromatic carbocycles. The van der Waals surface area contributed by atoms with Gasteiger partial charge in [0.15, 0.2) is 6.61 Å². The predicted molar refractivity (Wildman–Crippen MR) is 60.8 cm³/mol. The first-order valence-corrected chi connectivity index (χ1v) is 5.04. The maximum atomic E-state index is 13.5. The molecule has 1 aliphatic rings. The molecule has 1 atom stereocenters. The van der Waals surface area contributed by atoms with E-state index in [4.69, 9.17) is 11.6 Å². The lowest BCUT2D eigenvalue weighted by Crippen LogP contribution is -2.49. The van der Waals surface area contributed by atoms with Gasteiger partial charge in [0.1, 0.15) is 11.9 Å². The first-order valence-electron chi connectivity index (χ1n) is 4.66. The van der Waals surface area contributed by atoms with Gasteiger partial charge >= 0.3 is 12.0 Å². The molecule has 8 heteroatoms. The van der Waals surface area contributed by atoms with Gasteiger partial charge in [-0.2, -0.15) is 0 Å². The third-order valence-electron chi connectivity index (χ3n) is 2.35. The molecule has 1 saturated heterocycles. The molecule has 0 radical (unpaired) electrons. The summed E-state index contributed by atoms with van der Waals surface area (Å²) >= 11 is 5.61. The number of alkyl halides is 2. The van der Waals surface area contributed by atoms with E-state index < -0.39 is 30.5 Å². The van der Waals surface area contributed by atoms with Crippen LogP contribution >= 0.6 is 24.0 Å². The van der Waals surface area contributed by atoms with Crippen molar-refractivity contribution < 1.29 is 22.7 Å². The minimum absolute atomic E-state index is 0. The van der Waals surface area contributed by atoms with Gasteiger partial charge in [0.05, 0.1) is 0 Å². The summed E-state index contributed by atoms with van der Waals surface area (Å²) in [6.07, 6.45) is -1.01. The molecular weight excluding hydrogens is 294 g/mol. The van der Waals surface area contributed by atoms with Crippen molar-refractivity contribution in [2.24, 2.45) is 0 Å². The first-order chi connectivity index (χ1) is 7.90. The van der Waals surface area contributed by atoms with Crippen LogP contribution in [0.3, 0.4) is 0 Å². The molecule has 0 aromatic heterocycles. The van der Waals surface area contributed by atoms with E-state index >= 15 is 0 Å². The fourth-order valence-corrected chi connectivity index (χ4v) is 1.73. The minimum atomic E-state index is -3.39. The normalized spacial score (nSPS) is 21.6. The number of amides is 1. The van der Waals surface area contributed by atoms with Crippen LogP contribution in [-0.2, 0) is 4.74 Å². The molecule has 100 valence electrons.